The maximum atomic E-state index is 11.0. The molecule has 200 valence electrons. The van der Waals surface area contributed by atoms with Gasteiger partial charge in [-0.1, -0.05) is 0 Å². The molecule has 0 bridgehead atoms. The van der Waals surface area contributed by atoms with Crippen molar-refractivity contribution in [1.82, 2.24) is 0 Å². The molecule has 0 aromatic carbocycles. The van der Waals surface area contributed by atoms with Crippen molar-refractivity contribution in [2.24, 2.45) is 0 Å². The first-order chi connectivity index (χ1) is 16.0. The van der Waals surface area contributed by atoms with E-state index in [2.05, 4.69) is 0 Å². The molecule has 3 aliphatic heterocycles. The van der Waals surface area contributed by atoms with E-state index in [1.54, 1.807) is 0 Å². The summed E-state index contributed by atoms with van der Waals surface area (Å²) in [5.74, 6) is 0. The Bertz CT molecular complexity index is 639. The van der Waals surface area contributed by atoms with Crippen LogP contribution in [0.5, 0.6) is 0 Å². The predicted molar refractivity (Wildman–Crippen MR) is 105 cm³/mol. The zero-order valence-corrected chi connectivity index (χ0v) is 18.5. The van der Waals surface area contributed by atoms with Crippen LogP contribution in [0, 0.1) is 0 Å². The van der Waals surface area contributed by atoms with E-state index in [0.717, 1.165) is 0 Å². The summed E-state index contributed by atoms with van der Waals surface area (Å²) in [5.41, 5.74) is 0. The molecule has 3 fully saturated rings. The SMILES string of the molecule is COC1OC(CO)C(OC2OC(CO)C(O)C(O)[C@@H]2O)C(O)[C@@H]1OC1OC(C)C(O)C(O)[C@@H]1O. The summed E-state index contributed by atoms with van der Waals surface area (Å²) in [6, 6.07) is 0. The van der Waals surface area contributed by atoms with Gasteiger partial charge in [0.25, 0.3) is 0 Å². The molecule has 0 radical (unpaired) electrons. The standard InChI is InChI=1S/C19H34O15/c1-5-8(22)10(24)12(26)17(30-5)34-16-14(28)15(7(4-21)32-19(16)29-2)33-18-13(27)11(25)9(23)6(3-20)31-18/h5-28H,3-4H2,1-2H3/t5?,6?,7?,8?,9?,10?,11?,12-,13-,14?,15?,16-,17?,18?,19?/m0/s1. The minimum Gasteiger partial charge on any atom is -0.394 e. The van der Waals surface area contributed by atoms with Gasteiger partial charge < -0.3 is 74.4 Å². The summed E-state index contributed by atoms with van der Waals surface area (Å²) in [4.78, 5) is 0. The van der Waals surface area contributed by atoms with Crippen molar-refractivity contribution in [2.75, 3.05) is 20.3 Å². The second-order valence-corrected chi connectivity index (χ2v) is 8.53. The Morgan fingerprint density at radius 2 is 1.06 bits per heavy atom. The molecule has 3 heterocycles. The van der Waals surface area contributed by atoms with Gasteiger partial charge in [-0.25, -0.2) is 0 Å². The summed E-state index contributed by atoms with van der Waals surface area (Å²) in [5, 5.41) is 90.4. The number of methoxy groups -OCH3 is 1. The maximum Gasteiger partial charge on any atom is 0.187 e. The normalized spacial score (nSPS) is 52.5. The fourth-order valence-corrected chi connectivity index (χ4v) is 4.16. The molecule has 15 atom stereocenters. The zero-order chi connectivity index (χ0) is 25.3. The summed E-state index contributed by atoms with van der Waals surface area (Å²) >= 11 is 0. The minimum atomic E-state index is -1.79. The second-order valence-electron chi connectivity index (χ2n) is 8.53. The molecule has 3 aliphatic rings. The fourth-order valence-electron chi connectivity index (χ4n) is 4.16. The summed E-state index contributed by atoms with van der Waals surface area (Å²) in [7, 11) is 1.22. The third kappa shape index (κ3) is 5.39. The van der Waals surface area contributed by atoms with Gasteiger partial charge in [-0.05, 0) is 6.92 Å². The molecular formula is C19H34O15. The molecule has 0 spiro atoms. The second kappa shape index (κ2) is 11.6. The van der Waals surface area contributed by atoms with E-state index in [4.69, 9.17) is 28.4 Å². The Morgan fingerprint density at radius 1 is 0.559 bits per heavy atom. The lowest BCUT2D eigenvalue weighted by atomic mass is 9.96. The average molecular weight is 502 g/mol. The summed E-state index contributed by atoms with van der Waals surface area (Å²) in [6.07, 6.45) is -22.4. The molecule has 9 N–H and O–H groups in total. The molecule has 15 nitrogen and oxygen atoms in total. The van der Waals surface area contributed by atoms with Crippen molar-refractivity contribution < 1.29 is 74.4 Å². The van der Waals surface area contributed by atoms with E-state index in [-0.39, 0.29) is 0 Å². The zero-order valence-electron chi connectivity index (χ0n) is 18.5. The fraction of sp³-hybridized carbons (Fsp3) is 1.00. The smallest absolute Gasteiger partial charge is 0.187 e. The van der Waals surface area contributed by atoms with Crippen LogP contribution in [-0.2, 0) is 28.4 Å². The highest BCUT2D eigenvalue weighted by atomic mass is 16.8. The Hall–Kier alpha value is -0.600. The van der Waals surface area contributed by atoms with E-state index >= 15 is 0 Å². The first-order valence-corrected chi connectivity index (χ1v) is 10.8. The molecule has 12 unspecified atom stereocenters. The van der Waals surface area contributed by atoms with Crippen LogP contribution in [0.15, 0.2) is 0 Å². The number of rotatable bonds is 7. The Balaban J connectivity index is 1.78. The van der Waals surface area contributed by atoms with Gasteiger partial charge >= 0.3 is 0 Å². The van der Waals surface area contributed by atoms with Gasteiger partial charge in [-0.3, -0.25) is 0 Å². The number of ether oxygens (including phenoxy) is 6. The van der Waals surface area contributed by atoms with E-state index in [9.17, 15) is 46.0 Å². The van der Waals surface area contributed by atoms with Crippen molar-refractivity contribution in [1.29, 1.82) is 0 Å². The van der Waals surface area contributed by atoms with Crippen LogP contribution in [0.3, 0.4) is 0 Å². The highest BCUT2D eigenvalue weighted by Gasteiger charge is 2.53. The van der Waals surface area contributed by atoms with E-state index < -0.39 is 105 Å². The van der Waals surface area contributed by atoms with Gasteiger partial charge in [-0.2, -0.15) is 0 Å². The van der Waals surface area contributed by atoms with Crippen molar-refractivity contribution in [3.8, 4) is 0 Å². The number of aliphatic hydroxyl groups excluding tert-OH is 9. The van der Waals surface area contributed by atoms with Crippen molar-refractivity contribution in [2.45, 2.75) is 99.0 Å². The molecule has 0 saturated carbocycles. The lowest BCUT2D eigenvalue weighted by molar-refractivity contribution is -0.383. The average Bonchev–Trinajstić information content (AvgIpc) is 2.83. The molecule has 0 aromatic heterocycles. The number of hydrogen-bond acceptors (Lipinski definition) is 15. The van der Waals surface area contributed by atoms with Crippen LogP contribution < -0.4 is 0 Å². The van der Waals surface area contributed by atoms with Crippen LogP contribution in [0.1, 0.15) is 6.92 Å². The highest BCUT2D eigenvalue weighted by molar-refractivity contribution is 4.96. The van der Waals surface area contributed by atoms with Gasteiger partial charge in [0.2, 0.25) is 0 Å². The van der Waals surface area contributed by atoms with E-state index in [0.29, 0.717) is 0 Å². The Labute approximate surface area is 194 Å². The summed E-state index contributed by atoms with van der Waals surface area (Å²) < 4.78 is 32.7. The third-order valence-corrected chi connectivity index (χ3v) is 6.27. The van der Waals surface area contributed by atoms with Crippen molar-refractivity contribution in [3.05, 3.63) is 0 Å². The van der Waals surface area contributed by atoms with Gasteiger partial charge in [0.15, 0.2) is 18.9 Å². The topological polar surface area (TPSA) is 237 Å². The number of hydrogen-bond donors (Lipinski definition) is 9. The van der Waals surface area contributed by atoms with Gasteiger partial charge in [0, 0.05) is 7.11 Å². The monoisotopic (exact) mass is 502 g/mol. The van der Waals surface area contributed by atoms with Crippen LogP contribution >= 0.6 is 0 Å². The van der Waals surface area contributed by atoms with Crippen LogP contribution in [0.4, 0.5) is 0 Å². The van der Waals surface area contributed by atoms with Crippen LogP contribution in [0.2, 0.25) is 0 Å². The highest BCUT2D eigenvalue weighted by Crippen LogP contribution is 2.32. The van der Waals surface area contributed by atoms with Gasteiger partial charge in [0.1, 0.15) is 67.1 Å². The van der Waals surface area contributed by atoms with E-state index in [1.807, 2.05) is 0 Å². The van der Waals surface area contributed by atoms with Crippen LogP contribution in [-0.4, -0.2) is 158 Å². The number of aliphatic hydroxyl groups is 9. The van der Waals surface area contributed by atoms with Crippen LogP contribution in [0.25, 0.3) is 0 Å². The van der Waals surface area contributed by atoms with Crippen molar-refractivity contribution >= 4 is 0 Å². The lowest BCUT2D eigenvalue weighted by Gasteiger charge is -2.48. The summed E-state index contributed by atoms with van der Waals surface area (Å²) in [6.45, 7) is 0.0412. The predicted octanol–water partition coefficient (Wildman–Crippen LogP) is -5.89. The maximum absolute atomic E-state index is 11.0. The quantitative estimate of drug-likeness (QED) is 0.157. The van der Waals surface area contributed by atoms with E-state index in [1.165, 1.54) is 14.0 Å². The van der Waals surface area contributed by atoms with Gasteiger partial charge in [0.05, 0.1) is 19.3 Å². The molecule has 3 rings (SSSR count). The van der Waals surface area contributed by atoms with Crippen molar-refractivity contribution in [3.63, 3.8) is 0 Å². The lowest BCUT2D eigenvalue weighted by Crippen LogP contribution is -2.66. The molecule has 3 saturated heterocycles. The molecule has 0 aromatic rings. The third-order valence-electron chi connectivity index (χ3n) is 6.27. The molecule has 34 heavy (non-hydrogen) atoms. The first-order valence-electron chi connectivity index (χ1n) is 10.8. The Morgan fingerprint density at radius 3 is 1.62 bits per heavy atom. The molecular weight excluding hydrogens is 468 g/mol. The Kier molecular flexibility index (Phi) is 9.57. The first kappa shape index (κ1) is 28.0. The minimum absolute atomic E-state index is 0.684. The molecule has 0 amide bonds. The van der Waals surface area contributed by atoms with Gasteiger partial charge in [-0.15, -0.1) is 0 Å². The molecule has 0 aliphatic carbocycles. The largest absolute Gasteiger partial charge is 0.394 e. The molecule has 15 heteroatoms.